The summed E-state index contributed by atoms with van der Waals surface area (Å²) in [6.07, 6.45) is 0.962. The highest BCUT2D eigenvalue weighted by atomic mass is 16.3. The number of aliphatic hydroxyl groups excluding tert-OH is 1. The summed E-state index contributed by atoms with van der Waals surface area (Å²) in [4.78, 5) is 11.9. The highest BCUT2D eigenvalue weighted by Gasteiger charge is 2.17. The third-order valence-corrected chi connectivity index (χ3v) is 3.04. The minimum Gasteiger partial charge on any atom is -0.393 e. The van der Waals surface area contributed by atoms with Crippen LogP contribution in [0.5, 0.6) is 0 Å². The maximum atomic E-state index is 11.9. The summed E-state index contributed by atoms with van der Waals surface area (Å²) in [7, 11) is 0. The number of nitrogens with one attached hydrogen (secondary N) is 1. The summed E-state index contributed by atoms with van der Waals surface area (Å²) in [6.45, 7) is 8.09. The van der Waals surface area contributed by atoms with Crippen LogP contribution in [-0.2, 0) is 4.79 Å². The van der Waals surface area contributed by atoms with E-state index in [0.29, 0.717) is 19.4 Å². The largest absolute Gasteiger partial charge is 0.393 e. The minimum atomic E-state index is -0.339. The van der Waals surface area contributed by atoms with Crippen molar-refractivity contribution in [1.82, 2.24) is 15.1 Å². The van der Waals surface area contributed by atoms with Crippen molar-refractivity contribution in [3.8, 4) is 0 Å². The Morgan fingerprint density at radius 1 is 1.56 bits per heavy atom. The van der Waals surface area contributed by atoms with Crippen molar-refractivity contribution in [3.05, 3.63) is 17.5 Å². The zero-order chi connectivity index (χ0) is 13.7. The number of aryl methyl sites for hydroxylation is 2. The molecule has 1 aromatic heterocycles. The number of carbonyl (C=O) groups is 1. The Labute approximate surface area is 108 Å². The molecule has 0 aliphatic carbocycles. The molecule has 2 atom stereocenters. The van der Waals surface area contributed by atoms with Crippen molar-refractivity contribution in [2.75, 3.05) is 6.54 Å². The SMILES string of the molecule is CCC(O)CCNC(=O)C(C)n1nc(C)cc1C. The summed E-state index contributed by atoms with van der Waals surface area (Å²) in [5.41, 5.74) is 1.89. The van der Waals surface area contributed by atoms with Gasteiger partial charge in [0.25, 0.3) is 0 Å². The quantitative estimate of drug-likeness (QED) is 0.804. The average Bonchev–Trinajstić information content (AvgIpc) is 2.67. The zero-order valence-corrected chi connectivity index (χ0v) is 11.6. The van der Waals surface area contributed by atoms with Gasteiger partial charge in [-0.05, 0) is 39.7 Å². The lowest BCUT2D eigenvalue weighted by Gasteiger charge is -2.15. The van der Waals surface area contributed by atoms with Crippen LogP contribution in [0.4, 0.5) is 0 Å². The van der Waals surface area contributed by atoms with Crippen LogP contribution in [0.15, 0.2) is 6.07 Å². The lowest BCUT2D eigenvalue weighted by molar-refractivity contribution is -0.124. The molecule has 5 nitrogen and oxygen atoms in total. The van der Waals surface area contributed by atoms with Gasteiger partial charge in [0.05, 0.1) is 11.8 Å². The summed E-state index contributed by atoms with van der Waals surface area (Å²) >= 11 is 0. The molecular formula is C13H23N3O2. The molecule has 0 saturated heterocycles. The van der Waals surface area contributed by atoms with Crippen molar-refractivity contribution in [2.45, 2.75) is 52.7 Å². The Hall–Kier alpha value is -1.36. The van der Waals surface area contributed by atoms with Crippen molar-refractivity contribution in [2.24, 2.45) is 0 Å². The van der Waals surface area contributed by atoms with Crippen LogP contribution in [0, 0.1) is 13.8 Å². The van der Waals surface area contributed by atoms with E-state index in [0.717, 1.165) is 11.4 Å². The van der Waals surface area contributed by atoms with Gasteiger partial charge in [-0.25, -0.2) is 0 Å². The van der Waals surface area contributed by atoms with Gasteiger partial charge < -0.3 is 10.4 Å². The van der Waals surface area contributed by atoms with E-state index in [1.54, 1.807) is 4.68 Å². The maximum Gasteiger partial charge on any atom is 0.244 e. The molecule has 0 radical (unpaired) electrons. The smallest absolute Gasteiger partial charge is 0.244 e. The number of amides is 1. The highest BCUT2D eigenvalue weighted by molar-refractivity contribution is 5.79. The molecule has 0 spiro atoms. The molecule has 0 fully saturated rings. The number of aliphatic hydroxyl groups is 1. The Kier molecular flexibility index (Phi) is 5.34. The summed E-state index contributed by atoms with van der Waals surface area (Å²) in [5, 5.41) is 16.5. The molecule has 0 aromatic carbocycles. The Morgan fingerprint density at radius 2 is 2.22 bits per heavy atom. The van der Waals surface area contributed by atoms with E-state index in [9.17, 15) is 9.90 Å². The molecule has 0 bridgehead atoms. The van der Waals surface area contributed by atoms with E-state index >= 15 is 0 Å². The first kappa shape index (κ1) is 14.7. The maximum absolute atomic E-state index is 11.9. The van der Waals surface area contributed by atoms with E-state index in [4.69, 9.17) is 0 Å². The van der Waals surface area contributed by atoms with Crippen LogP contribution in [0.3, 0.4) is 0 Å². The molecule has 1 aromatic rings. The van der Waals surface area contributed by atoms with Crippen molar-refractivity contribution in [1.29, 1.82) is 0 Å². The second kappa shape index (κ2) is 6.54. The molecular weight excluding hydrogens is 230 g/mol. The Morgan fingerprint density at radius 3 is 2.72 bits per heavy atom. The Balaban J connectivity index is 2.49. The lowest BCUT2D eigenvalue weighted by atomic mass is 10.2. The Bertz CT molecular complexity index is 401. The van der Waals surface area contributed by atoms with Gasteiger partial charge in [0.15, 0.2) is 0 Å². The van der Waals surface area contributed by atoms with Gasteiger partial charge in [-0.2, -0.15) is 5.10 Å². The molecule has 0 saturated carbocycles. The van der Waals surface area contributed by atoms with Crippen LogP contribution in [0.1, 0.15) is 44.1 Å². The molecule has 2 unspecified atom stereocenters. The van der Waals surface area contributed by atoms with Crippen LogP contribution >= 0.6 is 0 Å². The summed E-state index contributed by atoms with van der Waals surface area (Å²) in [6, 6.07) is 1.63. The molecule has 18 heavy (non-hydrogen) atoms. The molecule has 5 heteroatoms. The topological polar surface area (TPSA) is 67.2 Å². The molecule has 0 aliphatic rings. The first-order valence-corrected chi connectivity index (χ1v) is 6.44. The minimum absolute atomic E-state index is 0.0653. The van der Waals surface area contributed by atoms with Gasteiger partial charge >= 0.3 is 0 Å². The van der Waals surface area contributed by atoms with Crippen molar-refractivity contribution < 1.29 is 9.90 Å². The van der Waals surface area contributed by atoms with Crippen LogP contribution in [0.2, 0.25) is 0 Å². The fourth-order valence-electron chi connectivity index (χ4n) is 1.86. The second-order valence-corrected chi connectivity index (χ2v) is 4.69. The van der Waals surface area contributed by atoms with Crippen LogP contribution in [-0.4, -0.2) is 33.4 Å². The molecule has 1 heterocycles. The van der Waals surface area contributed by atoms with E-state index in [-0.39, 0.29) is 18.1 Å². The number of carbonyl (C=O) groups excluding carboxylic acids is 1. The lowest BCUT2D eigenvalue weighted by Crippen LogP contribution is -2.33. The van der Waals surface area contributed by atoms with Crippen molar-refractivity contribution >= 4 is 5.91 Å². The predicted molar refractivity (Wildman–Crippen MR) is 70.3 cm³/mol. The highest BCUT2D eigenvalue weighted by Crippen LogP contribution is 2.10. The average molecular weight is 253 g/mol. The third kappa shape index (κ3) is 3.84. The van der Waals surface area contributed by atoms with Crippen molar-refractivity contribution in [3.63, 3.8) is 0 Å². The first-order valence-electron chi connectivity index (χ1n) is 6.44. The number of hydrogen-bond acceptors (Lipinski definition) is 3. The standard InChI is InChI=1S/C13H23N3O2/c1-5-12(17)6-7-14-13(18)11(4)16-10(3)8-9(2)15-16/h8,11-12,17H,5-7H2,1-4H3,(H,14,18). The number of aromatic nitrogens is 2. The van der Waals surface area contributed by atoms with E-state index in [2.05, 4.69) is 10.4 Å². The van der Waals surface area contributed by atoms with Gasteiger partial charge in [0.2, 0.25) is 5.91 Å². The molecule has 2 N–H and O–H groups in total. The number of rotatable bonds is 6. The van der Waals surface area contributed by atoms with Gasteiger partial charge in [-0.1, -0.05) is 6.92 Å². The number of hydrogen-bond donors (Lipinski definition) is 2. The third-order valence-electron chi connectivity index (χ3n) is 3.04. The predicted octanol–water partition coefficient (Wildman–Crippen LogP) is 1.34. The molecule has 1 amide bonds. The fraction of sp³-hybridized carbons (Fsp3) is 0.692. The number of nitrogens with zero attached hydrogens (tertiary/aromatic N) is 2. The fourth-order valence-corrected chi connectivity index (χ4v) is 1.86. The molecule has 102 valence electrons. The van der Waals surface area contributed by atoms with Gasteiger partial charge in [-0.15, -0.1) is 0 Å². The van der Waals surface area contributed by atoms with E-state index < -0.39 is 0 Å². The van der Waals surface area contributed by atoms with Gasteiger partial charge in [-0.3, -0.25) is 9.48 Å². The summed E-state index contributed by atoms with van der Waals surface area (Å²) in [5.74, 6) is -0.0653. The van der Waals surface area contributed by atoms with E-state index in [1.807, 2.05) is 33.8 Å². The second-order valence-electron chi connectivity index (χ2n) is 4.69. The van der Waals surface area contributed by atoms with Gasteiger partial charge in [0, 0.05) is 12.2 Å². The van der Waals surface area contributed by atoms with Crippen LogP contribution in [0.25, 0.3) is 0 Å². The summed E-state index contributed by atoms with van der Waals surface area (Å²) < 4.78 is 1.72. The van der Waals surface area contributed by atoms with Gasteiger partial charge in [0.1, 0.15) is 6.04 Å². The molecule has 1 rings (SSSR count). The monoisotopic (exact) mass is 253 g/mol. The van der Waals surface area contributed by atoms with E-state index in [1.165, 1.54) is 0 Å². The zero-order valence-electron chi connectivity index (χ0n) is 11.6. The van der Waals surface area contributed by atoms with Crippen LogP contribution < -0.4 is 5.32 Å². The first-order chi connectivity index (χ1) is 8.45. The normalized spacial score (nSPS) is 14.3. The molecule has 0 aliphatic heterocycles.